The lowest BCUT2D eigenvalue weighted by Gasteiger charge is -2.36. The number of rotatable bonds is 5. The lowest BCUT2D eigenvalue weighted by atomic mass is 9.99. The van der Waals surface area contributed by atoms with Crippen LogP contribution in [0.25, 0.3) is 11.4 Å². The van der Waals surface area contributed by atoms with Crippen molar-refractivity contribution in [3.05, 3.63) is 46.1 Å². The summed E-state index contributed by atoms with van der Waals surface area (Å²) < 4.78 is 4.83. The van der Waals surface area contributed by atoms with E-state index in [0.29, 0.717) is 17.8 Å². The zero-order valence-corrected chi connectivity index (χ0v) is 15.4. The summed E-state index contributed by atoms with van der Waals surface area (Å²) >= 11 is 0. The quantitative estimate of drug-likeness (QED) is 0.452. The van der Waals surface area contributed by atoms with Crippen LogP contribution in [0.1, 0.15) is 31.4 Å². The number of hydrogen-bond acceptors (Lipinski definition) is 7. The van der Waals surface area contributed by atoms with Crippen molar-refractivity contribution in [2.45, 2.75) is 38.6 Å². The Bertz CT molecular complexity index is 855. The third kappa shape index (κ3) is 4.39. The van der Waals surface area contributed by atoms with Crippen LogP contribution in [0.5, 0.6) is 0 Å². The molecule has 0 N–H and O–H groups in total. The molecule has 0 aliphatic carbocycles. The molecule has 1 saturated heterocycles. The fraction of sp³-hybridized carbons (Fsp3) is 0.421. The molecule has 1 aliphatic heterocycles. The van der Waals surface area contributed by atoms with E-state index in [-0.39, 0.29) is 17.7 Å². The van der Waals surface area contributed by atoms with E-state index in [9.17, 15) is 14.9 Å². The zero-order chi connectivity index (χ0) is 19.4. The standard InChI is InChI=1S/C19H22N4O4/c1-13-10-17(22-9-4-3-7-15(22)12-18(24)27-2)21-19(20-13)14-6-5-8-16(11-14)23(25)26/h5-6,8,10-11,15H,3-4,7,9,12H2,1-2H3/t15-/m1/s1. The highest BCUT2D eigenvalue weighted by molar-refractivity contribution is 5.71. The molecule has 2 aromatic rings. The number of nitrogens with zero attached hydrogens (tertiary/aromatic N) is 4. The van der Waals surface area contributed by atoms with Gasteiger partial charge >= 0.3 is 5.97 Å². The molecule has 0 radical (unpaired) electrons. The monoisotopic (exact) mass is 370 g/mol. The van der Waals surface area contributed by atoms with Crippen LogP contribution in [0.3, 0.4) is 0 Å². The predicted octanol–water partition coefficient (Wildman–Crippen LogP) is 3.28. The lowest BCUT2D eigenvalue weighted by Crippen LogP contribution is -2.41. The van der Waals surface area contributed by atoms with Crippen molar-refractivity contribution in [1.29, 1.82) is 0 Å². The smallest absolute Gasteiger partial charge is 0.307 e. The van der Waals surface area contributed by atoms with Gasteiger partial charge in [0.1, 0.15) is 5.82 Å². The molecule has 1 fully saturated rings. The summed E-state index contributed by atoms with van der Waals surface area (Å²) in [6.07, 6.45) is 3.28. The van der Waals surface area contributed by atoms with Gasteiger partial charge in [0, 0.05) is 42.0 Å². The lowest BCUT2D eigenvalue weighted by molar-refractivity contribution is -0.384. The Morgan fingerprint density at radius 2 is 2.15 bits per heavy atom. The van der Waals surface area contributed by atoms with Crippen LogP contribution in [0.2, 0.25) is 0 Å². The number of aromatic nitrogens is 2. The summed E-state index contributed by atoms with van der Waals surface area (Å²) in [6.45, 7) is 2.66. The molecule has 8 nitrogen and oxygen atoms in total. The van der Waals surface area contributed by atoms with E-state index in [4.69, 9.17) is 4.74 Å². The summed E-state index contributed by atoms with van der Waals surface area (Å²) in [5.74, 6) is 0.935. The third-order valence-electron chi connectivity index (χ3n) is 4.71. The topological polar surface area (TPSA) is 98.5 Å². The van der Waals surface area contributed by atoms with E-state index >= 15 is 0 Å². The second-order valence-corrected chi connectivity index (χ2v) is 6.62. The van der Waals surface area contributed by atoms with Gasteiger partial charge in [-0.3, -0.25) is 14.9 Å². The first-order chi connectivity index (χ1) is 13.0. The Hall–Kier alpha value is -3.03. The number of methoxy groups -OCH3 is 1. The van der Waals surface area contributed by atoms with Gasteiger partial charge in [-0.15, -0.1) is 0 Å². The number of carbonyl (C=O) groups is 1. The predicted molar refractivity (Wildman–Crippen MR) is 100 cm³/mol. The summed E-state index contributed by atoms with van der Waals surface area (Å²) in [7, 11) is 1.39. The largest absolute Gasteiger partial charge is 0.469 e. The second-order valence-electron chi connectivity index (χ2n) is 6.62. The molecule has 1 aliphatic rings. The molecule has 0 unspecified atom stereocenters. The van der Waals surface area contributed by atoms with Crippen molar-refractivity contribution in [3.8, 4) is 11.4 Å². The molecule has 142 valence electrons. The number of nitro groups is 1. The first-order valence-corrected chi connectivity index (χ1v) is 8.92. The highest BCUT2D eigenvalue weighted by Crippen LogP contribution is 2.28. The zero-order valence-electron chi connectivity index (χ0n) is 15.4. The van der Waals surface area contributed by atoms with Gasteiger partial charge in [-0.25, -0.2) is 9.97 Å². The summed E-state index contributed by atoms with van der Waals surface area (Å²) in [5, 5.41) is 11.1. The van der Waals surface area contributed by atoms with Crippen molar-refractivity contribution in [1.82, 2.24) is 9.97 Å². The molecular weight excluding hydrogens is 348 g/mol. The molecule has 2 heterocycles. The van der Waals surface area contributed by atoms with Crippen LogP contribution >= 0.6 is 0 Å². The fourth-order valence-corrected chi connectivity index (χ4v) is 3.38. The summed E-state index contributed by atoms with van der Waals surface area (Å²) in [4.78, 5) is 33.6. The number of anilines is 1. The van der Waals surface area contributed by atoms with Crippen LogP contribution < -0.4 is 4.90 Å². The van der Waals surface area contributed by atoms with Gasteiger partial charge in [0.25, 0.3) is 5.69 Å². The molecule has 0 bridgehead atoms. The minimum atomic E-state index is -0.433. The van der Waals surface area contributed by atoms with Crippen molar-refractivity contribution in [2.24, 2.45) is 0 Å². The van der Waals surface area contributed by atoms with Crippen molar-refractivity contribution < 1.29 is 14.5 Å². The number of carbonyl (C=O) groups excluding carboxylic acids is 1. The van der Waals surface area contributed by atoms with Gasteiger partial charge in [0.05, 0.1) is 18.5 Å². The SMILES string of the molecule is COC(=O)C[C@H]1CCCCN1c1cc(C)nc(-c2cccc([N+](=O)[O-])c2)n1. The number of nitro benzene ring substituents is 1. The number of non-ortho nitro benzene ring substituents is 1. The Morgan fingerprint density at radius 1 is 1.33 bits per heavy atom. The number of esters is 1. The second kappa shape index (κ2) is 8.11. The third-order valence-corrected chi connectivity index (χ3v) is 4.71. The van der Waals surface area contributed by atoms with Gasteiger partial charge in [0.2, 0.25) is 0 Å². The minimum Gasteiger partial charge on any atom is -0.469 e. The van der Waals surface area contributed by atoms with Crippen LogP contribution in [-0.2, 0) is 9.53 Å². The highest BCUT2D eigenvalue weighted by atomic mass is 16.6. The maximum absolute atomic E-state index is 11.8. The molecule has 1 aromatic carbocycles. The average molecular weight is 370 g/mol. The molecule has 3 rings (SSSR count). The van der Waals surface area contributed by atoms with Crippen LogP contribution in [-0.4, -0.2) is 40.6 Å². The molecule has 1 aromatic heterocycles. The van der Waals surface area contributed by atoms with Crippen molar-refractivity contribution >= 4 is 17.5 Å². The van der Waals surface area contributed by atoms with Gasteiger partial charge in [-0.1, -0.05) is 12.1 Å². The number of aryl methyl sites for hydroxylation is 1. The van der Waals surface area contributed by atoms with Gasteiger partial charge in [-0.05, 0) is 26.2 Å². The Kier molecular flexibility index (Phi) is 5.63. The van der Waals surface area contributed by atoms with Crippen LogP contribution in [0, 0.1) is 17.0 Å². The maximum atomic E-state index is 11.8. The molecule has 0 amide bonds. The number of ether oxygens (including phenoxy) is 1. The molecular formula is C19H22N4O4. The molecule has 0 saturated carbocycles. The van der Waals surface area contributed by atoms with E-state index in [1.54, 1.807) is 12.1 Å². The van der Waals surface area contributed by atoms with Gasteiger partial charge in [0.15, 0.2) is 5.82 Å². The van der Waals surface area contributed by atoms with Crippen molar-refractivity contribution in [2.75, 3.05) is 18.6 Å². The maximum Gasteiger partial charge on any atom is 0.307 e. The highest BCUT2D eigenvalue weighted by Gasteiger charge is 2.27. The van der Waals surface area contributed by atoms with E-state index < -0.39 is 4.92 Å². The summed E-state index contributed by atoms with van der Waals surface area (Å²) in [5.41, 5.74) is 1.36. The number of benzene rings is 1. The van der Waals surface area contributed by atoms with Gasteiger partial charge in [-0.2, -0.15) is 0 Å². The first-order valence-electron chi connectivity index (χ1n) is 8.92. The van der Waals surface area contributed by atoms with Gasteiger partial charge < -0.3 is 9.64 Å². The number of hydrogen-bond donors (Lipinski definition) is 0. The first kappa shape index (κ1) is 18.8. The van der Waals surface area contributed by atoms with E-state index in [2.05, 4.69) is 14.9 Å². The van der Waals surface area contributed by atoms with E-state index in [1.807, 2.05) is 13.0 Å². The number of piperidine rings is 1. The minimum absolute atomic E-state index is 0.000645. The summed E-state index contributed by atoms with van der Waals surface area (Å²) in [6, 6.07) is 8.21. The average Bonchev–Trinajstić information content (AvgIpc) is 2.68. The Balaban J connectivity index is 1.95. The van der Waals surface area contributed by atoms with E-state index in [0.717, 1.165) is 37.3 Å². The molecule has 8 heteroatoms. The normalized spacial score (nSPS) is 16.8. The molecule has 1 atom stereocenters. The Labute approximate surface area is 157 Å². The fourth-order valence-electron chi connectivity index (χ4n) is 3.38. The van der Waals surface area contributed by atoms with Crippen LogP contribution in [0.15, 0.2) is 30.3 Å². The van der Waals surface area contributed by atoms with Crippen molar-refractivity contribution in [3.63, 3.8) is 0 Å². The van der Waals surface area contributed by atoms with Crippen LogP contribution in [0.4, 0.5) is 11.5 Å². The molecule has 27 heavy (non-hydrogen) atoms. The Morgan fingerprint density at radius 3 is 2.89 bits per heavy atom. The molecule has 0 spiro atoms. The van der Waals surface area contributed by atoms with E-state index in [1.165, 1.54) is 19.2 Å².